The summed E-state index contributed by atoms with van der Waals surface area (Å²) < 4.78 is 0.844. The van der Waals surface area contributed by atoms with Crippen LogP contribution in [0.4, 0.5) is 5.69 Å². The van der Waals surface area contributed by atoms with Crippen molar-refractivity contribution in [1.29, 1.82) is 0 Å². The molecular formula is C12H19N2O+. The van der Waals surface area contributed by atoms with Gasteiger partial charge in [-0.1, -0.05) is 5.16 Å². The third kappa shape index (κ3) is 2.57. The first-order valence-corrected chi connectivity index (χ1v) is 5.10. The maximum absolute atomic E-state index is 8.40. The Balaban J connectivity index is 2.98. The lowest BCUT2D eigenvalue weighted by atomic mass is 10.1. The van der Waals surface area contributed by atoms with Crippen LogP contribution in [0.25, 0.3) is 0 Å². The largest absolute Gasteiger partial charge is 0.411 e. The van der Waals surface area contributed by atoms with Crippen molar-refractivity contribution < 1.29 is 5.21 Å². The molecule has 0 atom stereocenters. The fourth-order valence-corrected chi connectivity index (χ4v) is 1.31. The molecule has 0 unspecified atom stereocenters. The molecule has 0 aliphatic rings. The number of hydrogen-bond donors (Lipinski definition) is 1. The molecule has 0 heterocycles. The molecule has 3 nitrogen and oxygen atoms in total. The Morgan fingerprint density at radius 1 is 1.20 bits per heavy atom. The standard InChI is InChI=1S/C12H18N2O/c1-10(2)14(3,4)12-7-5-11(6-8-12)9-13-15/h5-10H,1-4H3/p+1. The molecule has 15 heavy (non-hydrogen) atoms. The number of oxime groups is 1. The number of quaternary nitrogens is 1. The van der Waals surface area contributed by atoms with E-state index in [0.29, 0.717) is 6.04 Å². The summed E-state index contributed by atoms with van der Waals surface area (Å²) in [4.78, 5) is 0. The lowest BCUT2D eigenvalue weighted by Gasteiger charge is -2.33. The Hall–Kier alpha value is -1.35. The predicted octanol–water partition coefficient (Wildman–Crippen LogP) is 2.47. The zero-order valence-electron chi connectivity index (χ0n) is 9.81. The Labute approximate surface area is 91.2 Å². The van der Waals surface area contributed by atoms with Crippen LogP contribution in [0.15, 0.2) is 29.4 Å². The normalized spacial score (nSPS) is 12.6. The lowest BCUT2D eigenvalue weighted by molar-refractivity contribution is 0.322. The van der Waals surface area contributed by atoms with Gasteiger partial charge in [-0.15, -0.1) is 0 Å². The smallest absolute Gasteiger partial charge is 0.132 e. The van der Waals surface area contributed by atoms with E-state index in [1.54, 1.807) is 0 Å². The van der Waals surface area contributed by atoms with Crippen LogP contribution in [-0.4, -0.2) is 31.6 Å². The van der Waals surface area contributed by atoms with Gasteiger partial charge in [0, 0.05) is 0 Å². The minimum Gasteiger partial charge on any atom is -0.411 e. The Morgan fingerprint density at radius 3 is 2.13 bits per heavy atom. The summed E-state index contributed by atoms with van der Waals surface area (Å²) in [7, 11) is 4.36. The average molecular weight is 207 g/mol. The molecule has 0 aliphatic heterocycles. The topological polar surface area (TPSA) is 32.6 Å². The first-order chi connectivity index (χ1) is 6.98. The molecule has 0 radical (unpaired) electrons. The van der Waals surface area contributed by atoms with Gasteiger partial charge in [-0.25, -0.2) is 0 Å². The van der Waals surface area contributed by atoms with E-state index in [1.807, 2.05) is 12.1 Å². The van der Waals surface area contributed by atoms with Crippen LogP contribution in [0.5, 0.6) is 0 Å². The van der Waals surface area contributed by atoms with E-state index < -0.39 is 0 Å². The van der Waals surface area contributed by atoms with E-state index in [-0.39, 0.29) is 0 Å². The molecule has 0 amide bonds. The van der Waals surface area contributed by atoms with Crippen molar-refractivity contribution in [3.05, 3.63) is 29.8 Å². The molecule has 0 fully saturated rings. The molecule has 1 N–H and O–H groups in total. The summed E-state index contributed by atoms with van der Waals surface area (Å²) >= 11 is 0. The Morgan fingerprint density at radius 2 is 1.73 bits per heavy atom. The van der Waals surface area contributed by atoms with E-state index in [0.717, 1.165) is 10.0 Å². The molecule has 3 heteroatoms. The summed E-state index contributed by atoms with van der Waals surface area (Å²) in [5.74, 6) is 0. The Bertz CT molecular complexity index is 339. The van der Waals surface area contributed by atoms with E-state index in [9.17, 15) is 0 Å². The predicted molar refractivity (Wildman–Crippen MR) is 64.6 cm³/mol. The molecule has 0 saturated heterocycles. The minimum atomic E-state index is 0.530. The molecule has 1 rings (SSSR count). The molecule has 0 spiro atoms. The van der Waals surface area contributed by atoms with Crippen molar-refractivity contribution in [3.8, 4) is 0 Å². The van der Waals surface area contributed by atoms with Crippen LogP contribution in [0, 0.1) is 0 Å². The van der Waals surface area contributed by atoms with Crippen LogP contribution in [0.3, 0.4) is 0 Å². The molecule has 82 valence electrons. The van der Waals surface area contributed by atoms with Crippen molar-refractivity contribution in [2.75, 3.05) is 14.1 Å². The third-order valence-corrected chi connectivity index (χ3v) is 3.06. The second-order valence-electron chi connectivity index (χ2n) is 4.47. The highest BCUT2D eigenvalue weighted by atomic mass is 16.4. The quantitative estimate of drug-likeness (QED) is 0.351. The van der Waals surface area contributed by atoms with E-state index >= 15 is 0 Å². The molecule has 0 aliphatic carbocycles. The zero-order valence-corrected chi connectivity index (χ0v) is 9.81. The summed E-state index contributed by atoms with van der Waals surface area (Å²) in [5.41, 5.74) is 2.16. The summed E-state index contributed by atoms with van der Waals surface area (Å²) in [6, 6.07) is 8.57. The molecule has 0 aromatic heterocycles. The number of benzene rings is 1. The van der Waals surface area contributed by atoms with Gasteiger partial charge in [-0.3, -0.25) is 4.48 Å². The van der Waals surface area contributed by atoms with Gasteiger partial charge in [0.1, 0.15) is 5.69 Å². The number of hydrogen-bond acceptors (Lipinski definition) is 2. The highest BCUT2D eigenvalue weighted by molar-refractivity contribution is 5.79. The first-order valence-electron chi connectivity index (χ1n) is 5.10. The average Bonchev–Trinajstić information content (AvgIpc) is 2.19. The fourth-order valence-electron chi connectivity index (χ4n) is 1.31. The lowest BCUT2D eigenvalue weighted by Crippen LogP contribution is -2.46. The van der Waals surface area contributed by atoms with Crippen molar-refractivity contribution >= 4 is 11.9 Å². The number of rotatable bonds is 3. The maximum Gasteiger partial charge on any atom is 0.132 e. The van der Waals surface area contributed by atoms with Crippen molar-refractivity contribution in [2.45, 2.75) is 19.9 Å². The van der Waals surface area contributed by atoms with Gasteiger partial charge in [0.25, 0.3) is 0 Å². The highest BCUT2D eigenvalue weighted by Gasteiger charge is 2.22. The summed E-state index contributed by atoms with van der Waals surface area (Å²) in [6.07, 6.45) is 1.43. The SMILES string of the molecule is CC(C)[N+](C)(C)c1ccc(C=NO)cc1. The van der Waals surface area contributed by atoms with Gasteiger partial charge in [0.15, 0.2) is 0 Å². The van der Waals surface area contributed by atoms with Crippen molar-refractivity contribution in [3.63, 3.8) is 0 Å². The van der Waals surface area contributed by atoms with Crippen molar-refractivity contribution in [2.24, 2.45) is 5.16 Å². The van der Waals surface area contributed by atoms with Crippen LogP contribution >= 0.6 is 0 Å². The van der Waals surface area contributed by atoms with Gasteiger partial charge >= 0.3 is 0 Å². The van der Waals surface area contributed by atoms with E-state index in [2.05, 4.69) is 45.2 Å². The van der Waals surface area contributed by atoms with Crippen molar-refractivity contribution in [1.82, 2.24) is 4.48 Å². The van der Waals surface area contributed by atoms with Gasteiger partial charge in [0.05, 0.1) is 26.4 Å². The van der Waals surface area contributed by atoms with Crippen LogP contribution in [0.2, 0.25) is 0 Å². The third-order valence-electron chi connectivity index (χ3n) is 3.06. The first kappa shape index (κ1) is 11.7. The summed E-state index contributed by atoms with van der Waals surface area (Å²) in [6.45, 7) is 4.40. The van der Waals surface area contributed by atoms with E-state index in [4.69, 9.17) is 5.21 Å². The monoisotopic (exact) mass is 207 g/mol. The second-order valence-corrected chi connectivity index (χ2v) is 4.47. The zero-order chi connectivity index (χ0) is 11.5. The minimum absolute atomic E-state index is 0.530. The maximum atomic E-state index is 8.40. The molecule has 0 saturated carbocycles. The Kier molecular flexibility index (Phi) is 3.48. The number of nitrogens with zero attached hydrogens (tertiary/aromatic N) is 2. The van der Waals surface area contributed by atoms with Gasteiger partial charge in [-0.05, 0) is 43.7 Å². The van der Waals surface area contributed by atoms with Crippen LogP contribution < -0.4 is 4.48 Å². The van der Waals surface area contributed by atoms with Crippen LogP contribution in [-0.2, 0) is 0 Å². The highest BCUT2D eigenvalue weighted by Crippen LogP contribution is 2.21. The molecule has 0 bridgehead atoms. The van der Waals surface area contributed by atoms with Gasteiger partial charge in [-0.2, -0.15) is 0 Å². The molecular weight excluding hydrogens is 188 g/mol. The molecule has 1 aromatic carbocycles. The van der Waals surface area contributed by atoms with Crippen LogP contribution in [0.1, 0.15) is 19.4 Å². The van der Waals surface area contributed by atoms with E-state index in [1.165, 1.54) is 11.9 Å². The molecule has 1 aromatic rings. The summed E-state index contributed by atoms with van der Waals surface area (Å²) in [5, 5.41) is 11.4. The van der Waals surface area contributed by atoms with Gasteiger partial charge < -0.3 is 5.21 Å². The fraction of sp³-hybridized carbons (Fsp3) is 0.417. The second kappa shape index (κ2) is 4.45. The van der Waals surface area contributed by atoms with Gasteiger partial charge in [0.2, 0.25) is 0 Å².